The summed E-state index contributed by atoms with van der Waals surface area (Å²) in [5, 5.41) is 20.9. The van der Waals surface area contributed by atoms with E-state index in [-0.39, 0.29) is 42.2 Å². The van der Waals surface area contributed by atoms with E-state index in [0.717, 1.165) is 10.6 Å². The number of carboxylic acid groups (broad SMARTS) is 1. The molecule has 5 heterocycles. The van der Waals surface area contributed by atoms with Crippen molar-refractivity contribution in [1.29, 1.82) is 0 Å². The minimum absolute atomic E-state index is 0.0225. The van der Waals surface area contributed by atoms with E-state index < -0.39 is 17.8 Å². The van der Waals surface area contributed by atoms with Crippen LogP contribution >= 0.6 is 11.3 Å². The summed E-state index contributed by atoms with van der Waals surface area (Å²) in [7, 11) is 2.76. The summed E-state index contributed by atoms with van der Waals surface area (Å²) >= 11 is 1.28. The molecule has 4 aromatic heterocycles. The number of morpholine rings is 1. The van der Waals surface area contributed by atoms with Crippen LogP contribution in [0.1, 0.15) is 76.7 Å². The fourth-order valence-electron chi connectivity index (χ4n) is 7.31. The van der Waals surface area contributed by atoms with E-state index in [1.165, 1.54) is 37.7 Å². The Morgan fingerprint density at radius 3 is 2.15 bits per heavy atom. The number of imidazole rings is 2. The summed E-state index contributed by atoms with van der Waals surface area (Å²) < 4.78 is 21.6. The van der Waals surface area contributed by atoms with Gasteiger partial charge in [0, 0.05) is 39.3 Å². The zero-order chi connectivity index (χ0) is 42.7. The zero-order valence-electron chi connectivity index (χ0n) is 34.2. The van der Waals surface area contributed by atoms with Gasteiger partial charge in [-0.2, -0.15) is 5.10 Å². The van der Waals surface area contributed by atoms with Gasteiger partial charge in [-0.05, 0) is 63.1 Å². The van der Waals surface area contributed by atoms with E-state index in [9.17, 15) is 24.3 Å². The number of fused-ring (bicyclic) bond motifs is 2. The van der Waals surface area contributed by atoms with E-state index >= 15 is 0 Å². The number of thiazole rings is 1. The highest BCUT2D eigenvalue weighted by Crippen LogP contribution is 2.32. The molecule has 0 unspecified atom stereocenters. The Kier molecular flexibility index (Phi) is 12.4. The quantitative estimate of drug-likeness (QED) is 0.0884. The molecule has 0 atom stereocenters. The van der Waals surface area contributed by atoms with Gasteiger partial charge in [0.1, 0.15) is 21.8 Å². The monoisotopic (exact) mass is 838 g/mol. The zero-order valence-corrected chi connectivity index (χ0v) is 35.0. The number of benzene rings is 2. The van der Waals surface area contributed by atoms with Gasteiger partial charge >= 0.3 is 11.9 Å². The fraction of sp³-hybridized carbons (Fsp3) is 0.366. The van der Waals surface area contributed by atoms with Crippen LogP contribution in [-0.2, 0) is 42.1 Å². The lowest BCUT2D eigenvalue weighted by molar-refractivity contribution is 0.0343. The first-order chi connectivity index (χ1) is 28.9. The molecule has 19 heteroatoms. The third-order valence-corrected chi connectivity index (χ3v) is 11.1. The Morgan fingerprint density at radius 2 is 1.52 bits per heavy atom. The van der Waals surface area contributed by atoms with Crippen molar-refractivity contribution in [2.45, 2.75) is 60.3 Å². The number of aryl methyl sites for hydroxylation is 4. The van der Waals surface area contributed by atoms with Gasteiger partial charge in [-0.3, -0.25) is 29.8 Å². The number of hydrogen-bond acceptors (Lipinski definition) is 13. The number of anilines is 2. The molecule has 2 amide bonds. The lowest BCUT2D eigenvalue weighted by Crippen LogP contribution is -2.35. The minimum Gasteiger partial charge on any atom is -0.494 e. The molecule has 0 radical (unpaired) electrons. The SMILES string of the molecule is CCc1nc(C)sc1C(=O)Nc1nc2cc(C(=O)O)cc(OC)c2n1CC=CCn1c(NC(=O)c2cc(C)nn2CC)nc2cc(C(=O)OC)cc(CN3CCOCC3)c21. The molecule has 2 aromatic carbocycles. The van der Waals surface area contributed by atoms with Gasteiger partial charge in [0.05, 0.1) is 71.5 Å². The van der Waals surface area contributed by atoms with Crippen LogP contribution < -0.4 is 15.4 Å². The van der Waals surface area contributed by atoms with Gasteiger partial charge in [-0.25, -0.2) is 24.5 Å². The van der Waals surface area contributed by atoms with Gasteiger partial charge in [0.15, 0.2) is 0 Å². The van der Waals surface area contributed by atoms with Crippen LogP contribution in [0.4, 0.5) is 11.9 Å². The number of hydrogen-bond donors (Lipinski definition) is 3. The van der Waals surface area contributed by atoms with Crippen LogP contribution in [0.15, 0.2) is 42.5 Å². The molecule has 1 saturated heterocycles. The number of esters is 1. The molecule has 3 N–H and O–H groups in total. The van der Waals surface area contributed by atoms with Crippen molar-refractivity contribution in [3.05, 3.63) is 86.1 Å². The second kappa shape index (κ2) is 17.8. The molecule has 0 bridgehead atoms. The summed E-state index contributed by atoms with van der Waals surface area (Å²) in [5.41, 5.74) is 4.83. The average molecular weight is 839 g/mol. The summed E-state index contributed by atoms with van der Waals surface area (Å²) in [6.45, 7) is 11.4. The van der Waals surface area contributed by atoms with Crippen molar-refractivity contribution in [3.8, 4) is 5.75 Å². The predicted octanol–water partition coefficient (Wildman–Crippen LogP) is 5.32. The van der Waals surface area contributed by atoms with Crippen molar-refractivity contribution >= 4 is 69.1 Å². The fourth-order valence-corrected chi connectivity index (χ4v) is 8.21. The highest BCUT2D eigenvalue weighted by molar-refractivity contribution is 7.13. The van der Waals surface area contributed by atoms with E-state index in [1.807, 2.05) is 44.4 Å². The van der Waals surface area contributed by atoms with Gasteiger partial charge in [-0.1, -0.05) is 19.1 Å². The number of aromatic carboxylic acids is 1. The third-order valence-electron chi connectivity index (χ3n) is 10.1. The Hall–Kier alpha value is -6.44. The van der Waals surface area contributed by atoms with Crippen molar-refractivity contribution in [2.24, 2.45) is 0 Å². The van der Waals surface area contributed by atoms with Gasteiger partial charge < -0.3 is 28.5 Å². The third kappa shape index (κ3) is 8.50. The molecule has 0 aliphatic carbocycles. The number of nitrogens with one attached hydrogen (secondary N) is 2. The lowest BCUT2D eigenvalue weighted by atomic mass is 10.1. The van der Waals surface area contributed by atoms with Crippen LogP contribution in [0.5, 0.6) is 5.75 Å². The summed E-state index contributed by atoms with van der Waals surface area (Å²) in [4.78, 5) is 69.1. The van der Waals surface area contributed by atoms with Crippen molar-refractivity contribution in [3.63, 3.8) is 0 Å². The van der Waals surface area contributed by atoms with E-state index in [0.29, 0.717) is 95.4 Å². The van der Waals surface area contributed by atoms with Crippen LogP contribution in [0.25, 0.3) is 22.1 Å². The molecule has 18 nitrogen and oxygen atoms in total. The Labute approximate surface area is 348 Å². The maximum absolute atomic E-state index is 13.8. The number of ether oxygens (including phenoxy) is 3. The molecule has 1 fully saturated rings. The second-order valence-electron chi connectivity index (χ2n) is 14.1. The molecule has 7 rings (SSSR count). The van der Waals surface area contributed by atoms with Crippen LogP contribution in [0, 0.1) is 13.8 Å². The van der Waals surface area contributed by atoms with E-state index in [2.05, 4.69) is 30.6 Å². The van der Waals surface area contributed by atoms with Crippen LogP contribution in [0.2, 0.25) is 0 Å². The average Bonchev–Trinajstić information content (AvgIpc) is 4.01. The molecule has 1 aliphatic heterocycles. The Bertz CT molecular complexity index is 2650. The molecule has 0 saturated carbocycles. The standard InChI is InChI=1S/C41H46N10O8S/c1-7-28-35(60-24(4)42-28)37(53)46-41-44-30-19-25(38(54)55)21-32(57-5)34(30)50(41)12-10-9-11-49-33-27(22-48-13-15-59-16-14-48)18-26(39(56)58-6)20-29(33)43-40(49)45-36(52)31-17-23(3)47-51(31)8-2/h9-10,17-21H,7-8,11-16,22H2,1-6H3,(H,54,55)(H,43,45,52)(H,44,46,53). The molecule has 314 valence electrons. The normalized spacial score (nSPS) is 13.4. The van der Waals surface area contributed by atoms with E-state index in [4.69, 9.17) is 19.2 Å². The van der Waals surface area contributed by atoms with Crippen molar-refractivity contribution < 1.29 is 38.5 Å². The number of carbonyl (C=O) groups is 4. The van der Waals surface area contributed by atoms with E-state index in [1.54, 1.807) is 27.4 Å². The number of methoxy groups -OCH3 is 2. The number of allylic oxidation sites excluding steroid dienone is 2. The topological polar surface area (TPSA) is 210 Å². The maximum atomic E-state index is 13.8. The summed E-state index contributed by atoms with van der Waals surface area (Å²) in [6.07, 6.45) is 4.32. The van der Waals surface area contributed by atoms with Crippen molar-refractivity contribution in [1.82, 2.24) is 38.8 Å². The lowest BCUT2D eigenvalue weighted by Gasteiger charge is -2.27. The number of carbonyl (C=O) groups excluding carboxylic acids is 3. The van der Waals surface area contributed by atoms with Crippen molar-refractivity contribution in [2.75, 3.05) is 51.2 Å². The second-order valence-corrected chi connectivity index (χ2v) is 15.3. The molecule has 0 spiro atoms. The highest BCUT2D eigenvalue weighted by atomic mass is 32.1. The van der Waals surface area contributed by atoms with Gasteiger partial charge in [0.25, 0.3) is 11.8 Å². The number of carboxylic acids is 1. The summed E-state index contributed by atoms with van der Waals surface area (Å²) in [5.74, 6) is -1.77. The maximum Gasteiger partial charge on any atom is 0.337 e. The Balaban J connectivity index is 1.30. The molecule has 60 heavy (non-hydrogen) atoms. The smallest absolute Gasteiger partial charge is 0.337 e. The van der Waals surface area contributed by atoms with Gasteiger partial charge in [0.2, 0.25) is 11.9 Å². The Morgan fingerprint density at radius 1 is 0.867 bits per heavy atom. The highest BCUT2D eigenvalue weighted by Gasteiger charge is 2.25. The van der Waals surface area contributed by atoms with Crippen LogP contribution in [-0.4, -0.2) is 108 Å². The molecule has 1 aliphatic rings. The number of rotatable bonds is 15. The molecule has 6 aromatic rings. The minimum atomic E-state index is -1.15. The predicted molar refractivity (Wildman–Crippen MR) is 224 cm³/mol. The molecular formula is C41H46N10O8S. The largest absolute Gasteiger partial charge is 0.494 e. The molecular weight excluding hydrogens is 793 g/mol. The summed E-state index contributed by atoms with van der Waals surface area (Å²) in [6, 6.07) is 8.01. The van der Waals surface area contributed by atoms with Crippen LogP contribution in [0.3, 0.4) is 0 Å². The number of aromatic nitrogens is 7. The first-order valence-corrected chi connectivity index (χ1v) is 20.3. The first-order valence-electron chi connectivity index (χ1n) is 19.4. The van der Waals surface area contributed by atoms with Gasteiger partial charge in [-0.15, -0.1) is 11.3 Å². The number of amides is 2. The number of nitrogens with zero attached hydrogens (tertiary/aromatic N) is 8. The first kappa shape index (κ1) is 41.7.